The van der Waals surface area contributed by atoms with Crippen LogP contribution in [0.3, 0.4) is 0 Å². The number of halogens is 1. The smallest absolute Gasteiger partial charge is 0.268 e. The number of hydrogen-bond acceptors (Lipinski definition) is 3. The third kappa shape index (κ3) is 1.23. The second-order valence-electron chi connectivity index (χ2n) is 3.49. The Kier molecular flexibility index (Phi) is 1.79. The first-order valence-electron chi connectivity index (χ1n) is 4.42. The summed E-state index contributed by atoms with van der Waals surface area (Å²) in [6.07, 6.45) is 2.30. The Hall–Kier alpha value is -0.680. The van der Waals surface area contributed by atoms with Gasteiger partial charge in [-0.3, -0.25) is 4.79 Å². The highest BCUT2D eigenvalue weighted by molar-refractivity contribution is 9.10. The molecule has 0 saturated heterocycles. The van der Waals surface area contributed by atoms with Crippen LogP contribution in [0.1, 0.15) is 24.6 Å². The molecule has 0 aromatic carbocycles. The summed E-state index contributed by atoms with van der Waals surface area (Å²) in [5, 5.41) is 1.91. The third-order valence-corrected chi connectivity index (χ3v) is 4.24. The maximum absolute atomic E-state index is 11.6. The molecule has 1 N–H and O–H groups in total. The molecule has 2 heterocycles. The van der Waals surface area contributed by atoms with Crippen LogP contribution in [0.15, 0.2) is 14.6 Å². The van der Waals surface area contributed by atoms with E-state index in [9.17, 15) is 4.79 Å². The fraction of sp³-hybridized carbons (Fsp3) is 0.333. The van der Waals surface area contributed by atoms with Crippen LogP contribution in [0.5, 0.6) is 0 Å². The summed E-state index contributed by atoms with van der Waals surface area (Å²) in [6.45, 7) is 0. The summed E-state index contributed by atoms with van der Waals surface area (Å²) in [6, 6.07) is 0. The fourth-order valence-corrected chi connectivity index (χ4v) is 2.92. The normalized spacial score (nSPS) is 16.4. The van der Waals surface area contributed by atoms with Crippen LogP contribution in [0.25, 0.3) is 10.2 Å². The Morgan fingerprint density at radius 2 is 2.36 bits per heavy atom. The second-order valence-corrected chi connectivity index (χ2v) is 5.22. The number of nitrogens with zero attached hydrogens (tertiary/aromatic N) is 1. The van der Waals surface area contributed by atoms with Crippen molar-refractivity contribution in [3.8, 4) is 0 Å². The van der Waals surface area contributed by atoms with Gasteiger partial charge < -0.3 is 4.98 Å². The molecule has 1 aliphatic carbocycles. The van der Waals surface area contributed by atoms with Crippen LogP contribution < -0.4 is 5.56 Å². The Bertz CT molecular complexity index is 555. The van der Waals surface area contributed by atoms with E-state index in [-0.39, 0.29) is 5.56 Å². The van der Waals surface area contributed by atoms with Crippen molar-refractivity contribution in [1.29, 1.82) is 0 Å². The summed E-state index contributed by atoms with van der Waals surface area (Å²) in [5.74, 6) is 1.33. The van der Waals surface area contributed by atoms with Gasteiger partial charge in [0.15, 0.2) is 0 Å². The zero-order chi connectivity index (χ0) is 9.71. The molecule has 1 fully saturated rings. The van der Waals surface area contributed by atoms with Gasteiger partial charge in [0.2, 0.25) is 0 Å². The summed E-state index contributed by atoms with van der Waals surface area (Å²) in [4.78, 5) is 19.0. The van der Waals surface area contributed by atoms with Gasteiger partial charge in [-0.25, -0.2) is 4.98 Å². The number of aromatic amines is 1. The SMILES string of the molecule is O=c1[nH]c(C2CC2)nc2c(Br)csc12. The lowest BCUT2D eigenvalue weighted by atomic mass is 10.3. The van der Waals surface area contributed by atoms with E-state index in [2.05, 4.69) is 25.9 Å². The van der Waals surface area contributed by atoms with Crippen LogP contribution in [0.4, 0.5) is 0 Å². The minimum Gasteiger partial charge on any atom is -0.309 e. The predicted octanol–water partition coefficient (Wildman–Crippen LogP) is 2.62. The zero-order valence-electron chi connectivity index (χ0n) is 7.21. The maximum Gasteiger partial charge on any atom is 0.268 e. The second kappa shape index (κ2) is 2.90. The van der Waals surface area contributed by atoms with Crippen LogP contribution >= 0.6 is 27.3 Å². The molecule has 5 heteroatoms. The van der Waals surface area contributed by atoms with E-state index in [4.69, 9.17) is 0 Å². The Balaban J connectivity index is 2.36. The Labute approximate surface area is 92.3 Å². The van der Waals surface area contributed by atoms with E-state index in [0.717, 1.165) is 28.7 Å². The highest BCUT2D eigenvalue weighted by Crippen LogP contribution is 2.38. The molecule has 1 saturated carbocycles. The number of fused-ring (bicyclic) bond motifs is 1. The van der Waals surface area contributed by atoms with Gasteiger partial charge in [-0.05, 0) is 28.8 Å². The Morgan fingerprint density at radius 3 is 3.07 bits per heavy atom. The van der Waals surface area contributed by atoms with Gasteiger partial charge in [-0.1, -0.05) is 0 Å². The molecule has 2 aromatic rings. The van der Waals surface area contributed by atoms with Gasteiger partial charge in [0.1, 0.15) is 16.0 Å². The first-order chi connectivity index (χ1) is 6.75. The summed E-state index contributed by atoms with van der Waals surface area (Å²) < 4.78 is 1.63. The molecule has 0 radical (unpaired) electrons. The molecule has 0 atom stereocenters. The lowest BCUT2D eigenvalue weighted by Gasteiger charge is -1.97. The third-order valence-electron chi connectivity index (χ3n) is 2.37. The van der Waals surface area contributed by atoms with Gasteiger partial charge in [-0.15, -0.1) is 11.3 Å². The average molecular weight is 271 g/mol. The predicted molar refractivity (Wildman–Crippen MR) is 59.9 cm³/mol. The average Bonchev–Trinajstić information content (AvgIpc) is 2.93. The monoisotopic (exact) mass is 270 g/mol. The van der Waals surface area contributed by atoms with Gasteiger partial charge in [-0.2, -0.15) is 0 Å². The molecule has 0 bridgehead atoms. The van der Waals surface area contributed by atoms with Gasteiger partial charge in [0.25, 0.3) is 5.56 Å². The number of nitrogens with one attached hydrogen (secondary N) is 1. The molecule has 3 rings (SSSR count). The lowest BCUT2D eigenvalue weighted by molar-refractivity contribution is 0.933. The molecule has 0 aliphatic heterocycles. The number of rotatable bonds is 1. The maximum atomic E-state index is 11.6. The van der Waals surface area contributed by atoms with E-state index in [1.54, 1.807) is 0 Å². The first-order valence-corrected chi connectivity index (χ1v) is 6.10. The Morgan fingerprint density at radius 1 is 1.57 bits per heavy atom. The molecule has 0 spiro atoms. The minimum absolute atomic E-state index is 0.00685. The fourth-order valence-electron chi connectivity index (χ4n) is 1.47. The molecule has 0 unspecified atom stereocenters. The van der Waals surface area contributed by atoms with Crippen molar-refractivity contribution in [3.05, 3.63) is 26.0 Å². The van der Waals surface area contributed by atoms with Crippen molar-refractivity contribution >= 4 is 37.5 Å². The number of aromatic nitrogens is 2. The van der Waals surface area contributed by atoms with Crippen molar-refractivity contribution in [1.82, 2.24) is 9.97 Å². The van der Waals surface area contributed by atoms with E-state index in [1.807, 2.05) is 5.38 Å². The number of H-pyrrole nitrogens is 1. The van der Waals surface area contributed by atoms with Gasteiger partial charge >= 0.3 is 0 Å². The number of hydrogen-bond donors (Lipinski definition) is 1. The lowest BCUT2D eigenvalue weighted by Crippen LogP contribution is -2.09. The summed E-state index contributed by atoms with van der Waals surface area (Å²) in [5.41, 5.74) is 0.799. The van der Waals surface area contributed by atoms with E-state index in [0.29, 0.717) is 10.6 Å². The first kappa shape index (κ1) is 8.61. The number of thiophene rings is 1. The molecule has 2 aromatic heterocycles. The standard InChI is InChI=1S/C9H7BrN2OS/c10-5-3-14-7-6(5)11-8(4-1-2-4)12-9(7)13/h3-4H,1-2H2,(H,11,12,13). The molecule has 0 amide bonds. The van der Waals surface area contributed by atoms with E-state index < -0.39 is 0 Å². The zero-order valence-corrected chi connectivity index (χ0v) is 9.61. The molecule has 14 heavy (non-hydrogen) atoms. The highest BCUT2D eigenvalue weighted by atomic mass is 79.9. The van der Waals surface area contributed by atoms with Crippen LogP contribution in [0.2, 0.25) is 0 Å². The molecule has 72 valence electrons. The molecule has 3 nitrogen and oxygen atoms in total. The van der Waals surface area contributed by atoms with Crippen molar-refractivity contribution < 1.29 is 0 Å². The van der Waals surface area contributed by atoms with Gasteiger partial charge in [0.05, 0.1) is 4.47 Å². The molecular formula is C9H7BrN2OS. The van der Waals surface area contributed by atoms with Crippen LogP contribution in [-0.4, -0.2) is 9.97 Å². The van der Waals surface area contributed by atoms with E-state index >= 15 is 0 Å². The van der Waals surface area contributed by atoms with Crippen molar-refractivity contribution in [3.63, 3.8) is 0 Å². The van der Waals surface area contributed by atoms with Crippen LogP contribution in [0, 0.1) is 0 Å². The molecular weight excluding hydrogens is 264 g/mol. The van der Waals surface area contributed by atoms with Gasteiger partial charge in [0, 0.05) is 11.3 Å². The van der Waals surface area contributed by atoms with Crippen molar-refractivity contribution in [2.24, 2.45) is 0 Å². The van der Waals surface area contributed by atoms with Crippen LogP contribution in [-0.2, 0) is 0 Å². The largest absolute Gasteiger partial charge is 0.309 e. The van der Waals surface area contributed by atoms with Crippen molar-refractivity contribution in [2.75, 3.05) is 0 Å². The molecule has 1 aliphatic rings. The quantitative estimate of drug-likeness (QED) is 0.866. The summed E-state index contributed by atoms with van der Waals surface area (Å²) >= 11 is 4.83. The minimum atomic E-state index is -0.00685. The topological polar surface area (TPSA) is 45.8 Å². The van der Waals surface area contributed by atoms with E-state index in [1.165, 1.54) is 11.3 Å². The summed E-state index contributed by atoms with van der Waals surface area (Å²) in [7, 11) is 0. The van der Waals surface area contributed by atoms with Crippen molar-refractivity contribution in [2.45, 2.75) is 18.8 Å². The highest BCUT2D eigenvalue weighted by Gasteiger charge is 2.27.